The molecule has 7 heteroatoms. The largest absolute Gasteiger partial charge is 0.497 e. The molecule has 7 nitrogen and oxygen atoms in total. The molecule has 34 heavy (non-hydrogen) atoms. The summed E-state index contributed by atoms with van der Waals surface area (Å²) in [6.07, 6.45) is 0.389. The number of aromatic nitrogens is 2. The van der Waals surface area contributed by atoms with Gasteiger partial charge in [-0.25, -0.2) is 4.68 Å². The van der Waals surface area contributed by atoms with Crippen LogP contribution in [0.15, 0.2) is 54.6 Å². The van der Waals surface area contributed by atoms with E-state index in [1.54, 1.807) is 7.11 Å². The van der Waals surface area contributed by atoms with Gasteiger partial charge >= 0.3 is 0 Å². The first-order valence-electron chi connectivity index (χ1n) is 11.9. The summed E-state index contributed by atoms with van der Waals surface area (Å²) in [6, 6.07) is 17.8. The molecule has 0 saturated heterocycles. The molecule has 2 aromatic carbocycles. The Morgan fingerprint density at radius 3 is 2.47 bits per heavy atom. The second-order valence-electron chi connectivity index (χ2n) is 8.40. The first kappa shape index (κ1) is 25.7. The summed E-state index contributed by atoms with van der Waals surface area (Å²) in [5.74, 6) is 2.05. The van der Waals surface area contributed by atoms with Crippen LogP contribution in [0.5, 0.6) is 17.4 Å². The normalized spacial score (nSPS) is 13.1. The Labute approximate surface area is 202 Å². The van der Waals surface area contributed by atoms with Gasteiger partial charge in [-0.05, 0) is 51.5 Å². The van der Waals surface area contributed by atoms with Gasteiger partial charge in [0.15, 0.2) is 0 Å². The summed E-state index contributed by atoms with van der Waals surface area (Å²) in [4.78, 5) is 2.27. The Morgan fingerprint density at radius 2 is 1.79 bits per heavy atom. The number of ether oxygens (including phenoxy) is 3. The zero-order valence-corrected chi connectivity index (χ0v) is 20.9. The van der Waals surface area contributed by atoms with Crippen LogP contribution in [0, 0.1) is 6.92 Å². The van der Waals surface area contributed by atoms with Crippen molar-refractivity contribution in [3.05, 3.63) is 65.9 Å². The van der Waals surface area contributed by atoms with E-state index < -0.39 is 6.10 Å². The number of hydrogen-bond acceptors (Lipinski definition) is 6. The lowest BCUT2D eigenvalue weighted by Gasteiger charge is -2.30. The van der Waals surface area contributed by atoms with E-state index in [-0.39, 0.29) is 6.04 Å². The molecule has 184 valence electrons. The smallest absolute Gasteiger partial charge is 0.227 e. The Hall–Kier alpha value is -2.87. The van der Waals surface area contributed by atoms with Gasteiger partial charge in [0.2, 0.25) is 5.88 Å². The number of rotatable bonds is 13. The fourth-order valence-corrected chi connectivity index (χ4v) is 3.78. The fraction of sp³-hybridized carbons (Fsp3) is 0.444. The SMILES string of the molecule is CCOC[C@@H](O)CN(Cc1c(C)nn(-c2ccccc2)c1Oc1cccc(OC)c1)[C@@H](C)CC. The molecule has 1 aromatic heterocycles. The van der Waals surface area contributed by atoms with E-state index >= 15 is 0 Å². The summed E-state index contributed by atoms with van der Waals surface area (Å²) in [5, 5.41) is 15.4. The zero-order valence-electron chi connectivity index (χ0n) is 20.9. The third-order valence-electron chi connectivity index (χ3n) is 5.93. The summed E-state index contributed by atoms with van der Waals surface area (Å²) < 4.78 is 19.1. The van der Waals surface area contributed by atoms with Crippen LogP contribution < -0.4 is 9.47 Å². The van der Waals surface area contributed by atoms with Crippen LogP contribution in [0.3, 0.4) is 0 Å². The van der Waals surface area contributed by atoms with Gasteiger partial charge in [-0.2, -0.15) is 5.10 Å². The first-order valence-corrected chi connectivity index (χ1v) is 11.9. The van der Waals surface area contributed by atoms with Crippen LogP contribution in [0.2, 0.25) is 0 Å². The minimum atomic E-state index is -0.568. The van der Waals surface area contributed by atoms with E-state index in [2.05, 4.69) is 18.7 Å². The van der Waals surface area contributed by atoms with Crippen molar-refractivity contribution in [2.45, 2.75) is 52.8 Å². The maximum atomic E-state index is 10.6. The number of aliphatic hydroxyl groups is 1. The van der Waals surface area contributed by atoms with Gasteiger partial charge < -0.3 is 19.3 Å². The summed E-state index contributed by atoms with van der Waals surface area (Å²) >= 11 is 0. The predicted molar refractivity (Wildman–Crippen MR) is 134 cm³/mol. The molecule has 1 N–H and O–H groups in total. The van der Waals surface area contributed by atoms with Gasteiger partial charge in [0.1, 0.15) is 11.5 Å². The molecule has 0 spiro atoms. The maximum absolute atomic E-state index is 10.6. The fourth-order valence-electron chi connectivity index (χ4n) is 3.78. The lowest BCUT2D eigenvalue weighted by atomic mass is 10.1. The highest BCUT2D eigenvalue weighted by Crippen LogP contribution is 2.33. The summed E-state index contributed by atoms with van der Waals surface area (Å²) in [6.45, 7) is 10.3. The van der Waals surface area contributed by atoms with Crippen LogP contribution in [0.1, 0.15) is 38.4 Å². The molecule has 0 fully saturated rings. The maximum Gasteiger partial charge on any atom is 0.227 e. The lowest BCUT2D eigenvalue weighted by molar-refractivity contribution is 0.0111. The minimum Gasteiger partial charge on any atom is -0.497 e. The Kier molecular flexibility index (Phi) is 9.51. The van der Waals surface area contributed by atoms with Gasteiger partial charge in [-0.1, -0.05) is 31.2 Å². The third-order valence-corrected chi connectivity index (χ3v) is 5.93. The molecule has 0 aliphatic carbocycles. The molecule has 0 bridgehead atoms. The molecular weight excluding hydrogens is 430 g/mol. The van der Waals surface area contributed by atoms with Crippen molar-refractivity contribution in [3.63, 3.8) is 0 Å². The van der Waals surface area contributed by atoms with E-state index in [1.165, 1.54) is 0 Å². The number of hydrogen-bond donors (Lipinski definition) is 1. The highest BCUT2D eigenvalue weighted by atomic mass is 16.5. The van der Waals surface area contributed by atoms with E-state index in [0.29, 0.717) is 37.9 Å². The highest BCUT2D eigenvalue weighted by molar-refractivity contribution is 5.44. The molecule has 0 saturated carbocycles. The Morgan fingerprint density at radius 1 is 1.06 bits per heavy atom. The van der Waals surface area contributed by atoms with Gasteiger partial charge in [0.25, 0.3) is 0 Å². The van der Waals surface area contributed by atoms with Crippen molar-refractivity contribution < 1.29 is 19.3 Å². The molecule has 0 amide bonds. The number of aryl methyl sites for hydroxylation is 1. The molecule has 3 rings (SSSR count). The Bertz CT molecular complexity index is 1020. The summed E-state index contributed by atoms with van der Waals surface area (Å²) in [7, 11) is 1.64. The highest BCUT2D eigenvalue weighted by Gasteiger charge is 2.24. The minimum absolute atomic E-state index is 0.264. The van der Waals surface area contributed by atoms with Crippen molar-refractivity contribution in [1.29, 1.82) is 0 Å². The molecule has 1 heterocycles. The predicted octanol–water partition coefficient (Wildman–Crippen LogP) is 4.98. The second-order valence-corrected chi connectivity index (χ2v) is 8.40. The van der Waals surface area contributed by atoms with Gasteiger partial charge in [-0.15, -0.1) is 0 Å². The topological polar surface area (TPSA) is 69.0 Å². The molecule has 3 aromatic rings. The van der Waals surface area contributed by atoms with E-state index in [4.69, 9.17) is 19.3 Å². The van der Waals surface area contributed by atoms with Crippen molar-refractivity contribution in [2.24, 2.45) is 0 Å². The van der Waals surface area contributed by atoms with E-state index in [1.807, 2.05) is 73.1 Å². The van der Waals surface area contributed by atoms with E-state index in [9.17, 15) is 5.11 Å². The van der Waals surface area contributed by atoms with Crippen LogP contribution in [-0.2, 0) is 11.3 Å². The average Bonchev–Trinajstić information content (AvgIpc) is 3.17. The number of methoxy groups -OCH3 is 1. The van der Waals surface area contributed by atoms with Crippen molar-refractivity contribution in [3.8, 4) is 23.1 Å². The van der Waals surface area contributed by atoms with E-state index in [0.717, 1.165) is 29.1 Å². The number of para-hydroxylation sites is 1. The molecular formula is C27H37N3O4. The number of nitrogens with zero attached hydrogens (tertiary/aromatic N) is 3. The van der Waals surface area contributed by atoms with Crippen LogP contribution in [0.25, 0.3) is 5.69 Å². The monoisotopic (exact) mass is 467 g/mol. The van der Waals surface area contributed by atoms with Crippen molar-refractivity contribution >= 4 is 0 Å². The molecule has 0 unspecified atom stereocenters. The molecule has 2 atom stereocenters. The second kappa shape index (κ2) is 12.6. The van der Waals surface area contributed by atoms with Gasteiger partial charge in [0, 0.05) is 31.8 Å². The molecule has 0 aliphatic rings. The van der Waals surface area contributed by atoms with Crippen molar-refractivity contribution in [1.82, 2.24) is 14.7 Å². The number of aliphatic hydroxyl groups excluding tert-OH is 1. The van der Waals surface area contributed by atoms with Gasteiger partial charge in [0.05, 0.1) is 36.8 Å². The number of benzene rings is 2. The quantitative estimate of drug-likeness (QED) is 0.382. The van der Waals surface area contributed by atoms with Crippen LogP contribution >= 0.6 is 0 Å². The summed E-state index contributed by atoms with van der Waals surface area (Å²) in [5.41, 5.74) is 2.78. The molecule has 0 radical (unpaired) electrons. The molecule has 0 aliphatic heterocycles. The van der Waals surface area contributed by atoms with Crippen LogP contribution in [0.4, 0.5) is 0 Å². The van der Waals surface area contributed by atoms with Gasteiger partial charge in [-0.3, -0.25) is 4.90 Å². The standard InChI is InChI=1S/C27H37N3O4/c1-6-20(3)29(17-23(31)19-33-7-2)18-26-21(4)28-30(22-12-9-8-10-13-22)27(26)34-25-15-11-14-24(16-25)32-5/h8-16,20,23,31H,6-7,17-19H2,1-5H3/t20-,23-/m0/s1. The zero-order chi connectivity index (χ0) is 24.5. The Balaban J connectivity index is 1.99. The third kappa shape index (κ3) is 6.59. The first-order chi connectivity index (χ1) is 16.5. The lowest BCUT2D eigenvalue weighted by Crippen LogP contribution is -2.40. The average molecular weight is 468 g/mol. The van der Waals surface area contributed by atoms with Crippen LogP contribution in [-0.4, -0.2) is 58.8 Å². The van der Waals surface area contributed by atoms with Crippen molar-refractivity contribution in [2.75, 3.05) is 26.9 Å².